The molecule has 0 saturated carbocycles. The Morgan fingerprint density at radius 2 is 2.18 bits per heavy atom. The van der Waals surface area contributed by atoms with Gasteiger partial charge in [0.25, 0.3) is 5.91 Å². The highest BCUT2D eigenvalue weighted by Crippen LogP contribution is 2.37. The van der Waals surface area contributed by atoms with E-state index in [2.05, 4.69) is 5.32 Å². The van der Waals surface area contributed by atoms with Crippen molar-refractivity contribution in [3.8, 4) is 0 Å². The van der Waals surface area contributed by atoms with Crippen LogP contribution in [0.25, 0.3) is 0 Å². The lowest BCUT2D eigenvalue weighted by molar-refractivity contribution is 0.0934. The number of thioether (sulfide) groups is 1. The number of carbonyl (C=O) groups is 1. The van der Waals surface area contributed by atoms with Crippen LogP contribution < -0.4 is 10.9 Å². The van der Waals surface area contributed by atoms with E-state index in [1.165, 1.54) is 10.6 Å². The van der Waals surface area contributed by atoms with Gasteiger partial charge in [-0.15, -0.1) is 11.8 Å². The molecule has 0 saturated heterocycles. The van der Waals surface area contributed by atoms with Crippen LogP contribution in [0.2, 0.25) is 5.02 Å². The second-order valence-corrected chi connectivity index (χ2v) is 6.79. The van der Waals surface area contributed by atoms with Gasteiger partial charge in [-0.3, -0.25) is 9.59 Å². The van der Waals surface area contributed by atoms with Crippen molar-refractivity contribution in [1.82, 2.24) is 9.88 Å². The smallest absolute Gasteiger partial charge is 0.253 e. The molecule has 1 atom stereocenters. The van der Waals surface area contributed by atoms with Gasteiger partial charge in [0.2, 0.25) is 5.56 Å². The standard InChI is InChI=1S/C16H15ClN2O2S/c1-19-9-10(2-5-15(19)20)16(21)18-13-6-7-22-14-4-3-11(17)8-12(13)14/h2-5,8-9,13H,6-7H2,1H3,(H,18,21)/t13-/m0/s1. The Morgan fingerprint density at radius 3 is 2.95 bits per heavy atom. The zero-order valence-electron chi connectivity index (χ0n) is 12.0. The summed E-state index contributed by atoms with van der Waals surface area (Å²) in [7, 11) is 1.63. The van der Waals surface area contributed by atoms with Gasteiger partial charge in [-0.1, -0.05) is 11.6 Å². The number of hydrogen-bond donors (Lipinski definition) is 1. The minimum atomic E-state index is -0.182. The quantitative estimate of drug-likeness (QED) is 0.918. The summed E-state index contributed by atoms with van der Waals surface area (Å²) in [6.45, 7) is 0. The van der Waals surface area contributed by atoms with Crippen LogP contribution in [0, 0.1) is 0 Å². The number of benzene rings is 1. The third-order valence-corrected chi connectivity index (χ3v) is 5.02. The van der Waals surface area contributed by atoms with Crippen molar-refractivity contribution >= 4 is 29.3 Å². The lowest BCUT2D eigenvalue weighted by atomic mass is 10.0. The zero-order valence-corrected chi connectivity index (χ0v) is 13.6. The first-order chi connectivity index (χ1) is 10.5. The van der Waals surface area contributed by atoms with Crippen molar-refractivity contribution in [3.63, 3.8) is 0 Å². The molecule has 1 aromatic heterocycles. The number of pyridine rings is 1. The number of halogens is 1. The van der Waals surface area contributed by atoms with E-state index < -0.39 is 0 Å². The average Bonchev–Trinajstić information content (AvgIpc) is 2.50. The Morgan fingerprint density at radius 1 is 1.36 bits per heavy atom. The highest BCUT2D eigenvalue weighted by molar-refractivity contribution is 7.99. The molecule has 0 aliphatic carbocycles. The number of aromatic nitrogens is 1. The minimum absolute atomic E-state index is 0.0558. The molecule has 1 amide bonds. The molecule has 1 aliphatic rings. The van der Waals surface area contributed by atoms with Crippen molar-refractivity contribution in [2.75, 3.05) is 5.75 Å². The molecule has 114 valence electrons. The third-order valence-electron chi connectivity index (χ3n) is 3.66. The summed E-state index contributed by atoms with van der Waals surface area (Å²) in [5.41, 5.74) is 1.40. The summed E-state index contributed by atoms with van der Waals surface area (Å²) in [4.78, 5) is 25.0. The van der Waals surface area contributed by atoms with Crippen LogP contribution >= 0.6 is 23.4 Å². The number of nitrogens with zero attached hydrogens (tertiary/aromatic N) is 1. The molecular weight excluding hydrogens is 320 g/mol. The van der Waals surface area contributed by atoms with Crippen molar-refractivity contribution in [2.45, 2.75) is 17.4 Å². The van der Waals surface area contributed by atoms with E-state index in [1.807, 2.05) is 18.2 Å². The fourth-order valence-corrected chi connectivity index (χ4v) is 3.77. The lowest BCUT2D eigenvalue weighted by Gasteiger charge is -2.26. The van der Waals surface area contributed by atoms with Crippen molar-refractivity contribution in [1.29, 1.82) is 0 Å². The van der Waals surface area contributed by atoms with E-state index in [0.717, 1.165) is 22.6 Å². The SMILES string of the molecule is Cn1cc(C(=O)N[C@H]2CCSc3ccc(Cl)cc32)ccc1=O. The topological polar surface area (TPSA) is 51.1 Å². The summed E-state index contributed by atoms with van der Waals surface area (Å²) in [5, 5.41) is 3.71. The second kappa shape index (κ2) is 6.18. The molecule has 1 N–H and O–H groups in total. The summed E-state index contributed by atoms with van der Waals surface area (Å²) >= 11 is 7.85. The molecule has 3 rings (SSSR count). The average molecular weight is 335 g/mol. The molecule has 0 spiro atoms. The first-order valence-corrected chi connectivity index (χ1v) is 8.31. The second-order valence-electron chi connectivity index (χ2n) is 5.21. The molecule has 4 nitrogen and oxygen atoms in total. The zero-order chi connectivity index (χ0) is 15.7. The number of fused-ring (bicyclic) bond motifs is 1. The predicted octanol–water partition coefficient (Wildman–Crippen LogP) is 3.01. The number of aryl methyl sites for hydroxylation is 1. The molecular formula is C16H15ClN2O2S. The van der Waals surface area contributed by atoms with Gasteiger partial charge in [0.15, 0.2) is 0 Å². The Balaban J connectivity index is 1.85. The van der Waals surface area contributed by atoms with Crippen molar-refractivity contribution in [2.24, 2.45) is 7.05 Å². The number of hydrogen-bond acceptors (Lipinski definition) is 3. The third kappa shape index (κ3) is 3.05. The Labute approximate surface area is 137 Å². The monoisotopic (exact) mass is 334 g/mol. The van der Waals surface area contributed by atoms with E-state index in [1.54, 1.807) is 31.1 Å². The molecule has 2 aromatic rings. The van der Waals surface area contributed by atoms with Crippen LogP contribution in [-0.2, 0) is 7.05 Å². The van der Waals surface area contributed by atoms with Crippen molar-refractivity contribution in [3.05, 3.63) is 63.0 Å². The van der Waals surface area contributed by atoms with Gasteiger partial charge < -0.3 is 9.88 Å². The van der Waals surface area contributed by atoms with E-state index >= 15 is 0 Å². The van der Waals surface area contributed by atoms with Crippen LogP contribution in [0.5, 0.6) is 0 Å². The molecule has 2 heterocycles. The fourth-order valence-electron chi connectivity index (χ4n) is 2.49. The fraction of sp³-hybridized carbons (Fsp3) is 0.250. The van der Waals surface area contributed by atoms with Gasteiger partial charge in [-0.05, 0) is 36.2 Å². The molecule has 0 fully saturated rings. The normalized spacial score (nSPS) is 16.9. The van der Waals surface area contributed by atoms with Gasteiger partial charge in [0.05, 0.1) is 11.6 Å². The van der Waals surface area contributed by atoms with Crippen LogP contribution in [0.3, 0.4) is 0 Å². The molecule has 0 radical (unpaired) electrons. The molecule has 6 heteroatoms. The van der Waals surface area contributed by atoms with Crippen LogP contribution in [0.15, 0.2) is 46.2 Å². The number of carbonyl (C=O) groups excluding carboxylic acids is 1. The van der Waals surface area contributed by atoms with E-state index in [0.29, 0.717) is 10.6 Å². The lowest BCUT2D eigenvalue weighted by Crippen LogP contribution is -2.31. The van der Waals surface area contributed by atoms with Crippen LogP contribution in [0.4, 0.5) is 0 Å². The number of amides is 1. The van der Waals surface area contributed by atoms with Gasteiger partial charge in [0.1, 0.15) is 0 Å². The molecule has 1 aliphatic heterocycles. The number of nitrogens with one attached hydrogen (secondary N) is 1. The Kier molecular flexibility index (Phi) is 4.27. The largest absolute Gasteiger partial charge is 0.345 e. The predicted molar refractivity (Wildman–Crippen MR) is 88.7 cm³/mol. The van der Waals surface area contributed by atoms with Gasteiger partial charge in [-0.2, -0.15) is 0 Å². The van der Waals surface area contributed by atoms with Gasteiger partial charge in [0, 0.05) is 35.0 Å². The Bertz CT molecular complexity index is 788. The summed E-state index contributed by atoms with van der Waals surface area (Å²) in [6, 6.07) is 8.66. The van der Waals surface area contributed by atoms with E-state index in [4.69, 9.17) is 11.6 Å². The summed E-state index contributed by atoms with van der Waals surface area (Å²) < 4.78 is 1.40. The summed E-state index contributed by atoms with van der Waals surface area (Å²) in [5.74, 6) is 0.769. The highest BCUT2D eigenvalue weighted by Gasteiger charge is 2.23. The van der Waals surface area contributed by atoms with E-state index in [-0.39, 0.29) is 17.5 Å². The maximum Gasteiger partial charge on any atom is 0.253 e. The first-order valence-electron chi connectivity index (χ1n) is 6.94. The Hall–Kier alpha value is -1.72. The maximum absolute atomic E-state index is 12.4. The maximum atomic E-state index is 12.4. The van der Waals surface area contributed by atoms with Gasteiger partial charge in [-0.25, -0.2) is 0 Å². The van der Waals surface area contributed by atoms with Crippen LogP contribution in [0.1, 0.15) is 28.4 Å². The molecule has 0 bridgehead atoms. The minimum Gasteiger partial charge on any atom is -0.345 e. The highest BCUT2D eigenvalue weighted by atomic mass is 35.5. The first kappa shape index (κ1) is 15.2. The van der Waals surface area contributed by atoms with E-state index in [9.17, 15) is 9.59 Å². The molecule has 0 unspecified atom stereocenters. The van der Waals surface area contributed by atoms with Gasteiger partial charge >= 0.3 is 0 Å². The number of rotatable bonds is 2. The van der Waals surface area contributed by atoms with Crippen LogP contribution in [-0.4, -0.2) is 16.2 Å². The molecule has 1 aromatic carbocycles. The molecule has 22 heavy (non-hydrogen) atoms. The van der Waals surface area contributed by atoms with Crippen molar-refractivity contribution < 1.29 is 4.79 Å². The summed E-state index contributed by atoms with van der Waals surface area (Å²) in [6.07, 6.45) is 2.41.